The molecule has 1 fully saturated rings. The maximum absolute atomic E-state index is 3.58. The van der Waals surface area contributed by atoms with E-state index in [4.69, 9.17) is 0 Å². The molecule has 0 amide bonds. The van der Waals surface area contributed by atoms with Gasteiger partial charge in [0, 0.05) is 18.4 Å². The van der Waals surface area contributed by atoms with Gasteiger partial charge in [0.15, 0.2) is 0 Å². The molecule has 0 radical (unpaired) electrons. The normalized spacial score (nSPS) is 24.5. The van der Waals surface area contributed by atoms with Crippen LogP contribution in [0.15, 0.2) is 30.3 Å². The number of nitrogens with zero attached hydrogens (tertiary/aromatic N) is 1. The smallest absolute Gasteiger partial charge is 0.0693 e. The van der Waals surface area contributed by atoms with E-state index >= 15 is 0 Å². The summed E-state index contributed by atoms with van der Waals surface area (Å²) in [5.41, 5.74) is 0. The minimum absolute atomic E-state index is 0.245. The highest BCUT2D eigenvalue weighted by Gasteiger charge is 2.19. The highest BCUT2D eigenvalue weighted by atomic mass is 31.1. The van der Waals surface area contributed by atoms with E-state index in [-0.39, 0.29) is 8.22 Å². The Labute approximate surface area is 80.8 Å². The fourth-order valence-corrected chi connectivity index (χ4v) is 3.56. The van der Waals surface area contributed by atoms with Gasteiger partial charge in [-0.15, -0.1) is 0 Å². The van der Waals surface area contributed by atoms with Crippen LogP contribution in [0.2, 0.25) is 0 Å². The SMILES string of the molecule is CN1CCCNP1c1ccccc1. The number of hydrogen-bond acceptors (Lipinski definition) is 2. The largest absolute Gasteiger partial charge is 0.280 e. The Hall–Kier alpha value is -0.430. The first-order valence-electron chi connectivity index (χ1n) is 4.67. The standard InChI is InChI=1S/C10H15N2P/c1-12-9-5-8-11-13(12)10-6-3-2-4-7-10/h2-4,6-7,11H,5,8-9H2,1H3. The van der Waals surface area contributed by atoms with Crippen LogP contribution in [0.1, 0.15) is 6.42 Å². The zero-order chi connectivity index (χ0) is 9.10. The van der Waals surface area contributed by atoms with Crippen molar-refractivity contribution in [2.75, 3.05) is 20.1 Å². The topological polar surface area (TPSA) is 15.3 Å². The van der Waals surface area contributed by atoms with Gasteiger partial charge in [-0.1, -0.05) is 30.3 Å². The van der Waals surface area contributed by atoms with Gasteiger partial charge in [0.25, 0.3) is 0 Å². The third-order valence-electron chi connectivity index (χ3n) is 2.26. The molecule has 2 rings (SSSR count). The van der Waals surface area contributed by atoms with E-state index in [0.717, 1.165) is 6.54 Å². The number of benzene rings is 1. The third-order valence-corrected chi connectivity index (χ3v) is 4.46. The summed E-state index contributed by atoms with van der Waals surface area (Å²) in [6.07, 6.45) is 1.27. The van der Waals surface area contributed by atoms with Gasteiger partial charge >= 0.3 is 0 Å². The summed E-state index contributed by atoms with van der Waals surface area (Å²) in [5.74, 6) is 0. The first kappa shape index (κ1) is 9.14. The molecule has 70 valence electrons. The molecular formula is C10H15N2P. The zero-order valence-electron chi connectivity index (χ0n) is 7.90. The average Bonchev–Trinajstić information content (AvgIpc) is 2.20. The van der Waals surface area contributed by atoms with Gasteiger partial charge in [0.05, 0.1) is 8.22 Å². The molecule has 1 aliphatic rings. The van der Waals surface area contributed by atoms with Crippen molar-refractivity contribution in [3.63, 3.8) is 0 Å². The van der Waals surface area contributed by atoms with Crippen molar-refractivity contribution in [1.82, 2.24) is 9.76 Å². The Morgan fingerprint density at radius 3 is 2.77 bits per heavy atom. The summed E-state index contributed by atoms with van der Waals surface area (Å²) >= 11 is 0. The monoisotopic (exact) mass is 194 g/mol. The first-order valence-corrected chi connectivity index (χ1v) is 5.97. The summed E-state index contributed by atoms with van der Waals surface area (Å²) in [6, 6.07) is 10.7. The van der Waals surface area contributed by atoms with Crippen molar-refractivity contribution in [2.24, 2.45) is 0 Å². The maximum Gasteiger partial charge on any atom is 0.0693 e. The van der Waals surface area contributed by atoms with Crippen LogP contribution in [-0.2, 0) is 0 Å². The lowest BCUT2D eigenvalue weighted by atomic mass is 10.4. The molecule has 0 spiro atoms. The van der Waals surface area contributed by atoms with Crippen molar-refractivity contribution >= 4 is 13.5 Å². The molecule has 0 aliphatic carbocycles. The Balaban J connectivity index is 2.15. The summed E-state index contributed by atoms with van der Waals surface area (Å²) in [6.45, 7) is 2.37. The van der Waals surface area contributed by atoms with Crippen LogP contribution in [0.25, 0.3) is 0 Å². The summed E-state index contributed by atoms with van der Waals surface area (Å²) in [4.78, 5) is 0. The van der Waals surface area contributed by atoms with E-state index in [9.17, 15) is 0 Å². The molecule has 13 heavy (non-hydrogen) atoms. The number of hydrogen-bond donors (Lipinski definition) is 1. The van der Waals surface area contributed by atoms with Crippen LogP contribution in [0, 0.1) is 0 Å². The lowest BCUT2D eigenvalue weighted by Gasteiger charge is -2.33. The lowest BCUT2D eigenvalue weighted by molar-refractivity contribution is 0.492. The van der Waals surface area contributed by atoms with E-state index in [1.54, 1.807) is 0 Å². The molecule has 1 atom stereocenters. The van der Waals surface area contributed by atoms with E-state index in [1.807, 2.05) is 0 Å². The first-order chi connectivity index (χ1) is 6.38. The van der Waals surface area contributed by atoms with Gasteiger partial charge in [0.1, 0.15) is 0 Å². The Bertz CT molecular complexity index is 263. The van der Waals surface area contributed by atoms with Crippen molar-refractivity contribution in [1.29, 1.82) is 0 Å². The molecule has 0 aromatic heterocycles. The molecule has 2 nitrogen and oxygen atoms in total. The highest BCUT2D eigenvalue weighted by Crippen LogP contribution is 2.35. The predicted octanol–water partition coefficient (Wildman–Crippen LogP) is 1.55. The van der Waals surface area contributed by atoms with Crippen molar-refractivity contribution in [3.05, 3.63) is 30.3 Å². The minimum Gasteiger partial charge on any atom is -0.280 e. The molecule has 0 saturated carbocycles. The average molecular weight is 194 g/mol. The maximum atomic E-state index is 3.58. The van der Waals surface area contributed by atoms with Crippen molar-refractivity contribution in [3.8, 4) is 0 Å². The van der Waals surface area contributed by atoms with Gasteiger partial charge in [0.2, 0.25) is 0 Å². The van der Waals surface area contributed by atoms with Crippen LogP contribution in [0.4, 0.5) is 0 Å². The minimum atomic E-state index is -0.245. The number of rotatable bonds is 1. The second-order valence-electron chi connectivity index (χ2n) is 3.29. The molecule has 1 aromatic carbocycles. The second kappa shape index (κ2) is 4.19. The Morgan fingerprint density at radius 2 is 2.08 bits per heavy atom. The molecular weight excluding hydrogens is 179 g/mol. The molecule has 1 N–H and O–H groups in total. The third kappa shape index (κ3) is 2.08. The van der Waals surface area contributed by atoms with Gasteiger partial charge in [-0.25, -0.2) is 0 Å². The summed E-state index contributed by atoms with van der Waals surface area (Å²) in [5, 5.41) is 5.01. The van der Waals surface area contributed by atoms with Gasteiger partial charge in [-0.2, -0.15) is 0 Å². The van der Waals surface area contributed by atoms with Gasteiger partial charge in [-0.05, 0) is 13.5 Å². The van der Waals surface area contributed by atoms with E-state index < -0.39 is 0 Å². The van der Waals surface area contributed by atoms with Crippen LogP contribution in [0.5, 0.6) is 0 Å². The summed E-state index contributed by atoms with van der Waals surface area (Å²) in [7, 11) is 1.95. The van der Waals surface area contributed by atoms with E-state index in [2.05, 4.69) is 47.1 Å². The highest BCUT2D eigenvalue weighted by molar-refractivity contribution is 7.61. The van der Waals surface area contributed by atoms with E-state index in [0.29, 0.717) is 0 Å². The number of nitrogens with one attached hydrogen (secondary N) is 1. The molecule has 1 heterocycles. The van der Waals surface area contributed by atoms with Crippen molar-refractivity contribution in [2.45, 2.75) is 6.42 Å². The molecule has 3 heteroatoms. The van der Waals surface area contributed by atoms with Crippen LogP contribution >= 0.6 is 8.22 Å². The van der Waals surface area contributed by atoms with Crippen molar-refractivity contribution < 1.29 is 0 Å². The molecule has 1 aromatic rings. The van der Waals surface area contributed by atoms with Gasteiger partial charge < -0.3 is 0 Å². The quantitative estimate of drug-likeness (QED) is 0.682. The fraction of sp³-hybridized carbons (Fsp3) is 0.400. The van der Waals surface area contributed by atoms with Gasteiger partial charge in [-0.3, -0.25) is 9.76 Å². The zero-order valence-corrected chi connectivity index (χ0v) is 8.80. The van der Waals surface area contributed by atoms with E-state index in [1.165, 1.54) is 18.3 Å². The molecule has 1 saturated heterocycles. The molecule has 1 aliphatic heterocycles. The van der Waals surface area contributed by atoms with Crippen LogP contribution in [0.3, 0.4) is 0 Å². The fourth-order valence-electron chi connectivity index (χ4n) is 1.57. The molecule has 0 bridgehead atoms. The Kier molecular flexibility index (Phi) is 2.94. The Morgan fingerprint density at radius 1 is 1.31 bits per heavy atom. The van der Waals surface area contributed by atoms with Crippen LogP contribution < -0.4 is 10.4 Å². The molecule has 1 unspecified atom stereocenters. The summed E-state index contributed by atoms with van der Waals surface area (Å²) < 4.78 is 2.42. The van der Waals surface area contributed by atoms with Crippen LogP contribution in [-0.4, -0.2) is 24.8 Å². The predicted molar refractivity (Wildman–Crippen MR) is 58.2 cm³/mol. The lowest BCUT2D eigenvalue weighted by Crippen LogP contribution is -2.34. The second-order valence-corrected chi connectivity index (χ2v) is 5.43.